The van der Waals surface area contributed by atoms with Crippen LogP contribution in [0.25, 0.3) is 0 Å². The van der Waals surface area contributed by atoms with E-state index in [2.05, 4.69) is 18.7 Å². The summed E-state index contributed by atoms with van der Waals surface area (Å²) in [6.45, 7) is 10.2. The fourth-order valence-electron chi connectivity index (χ4n) is 3.20. The summed E-state index contributed by atoms with van der Waals surface area (Å²) in [5.41, 5.74) is 2.09. The van der Waals surface area contributed by atoms with E-state index in [1.165, 1.54) is 77.0 Å². The SMILES string of the molecule is CCCCCCCCCCCCCCC=C[Si](OCC)(OCC)OCC. The predicted octanol–water partition coefficient (Wildman–Crippen LogP) is 7.22. The van der Waals surface area contributed by atoms with Gasteiger partial charge in [0, 0.05) is 19.8 Å². The number of hydrogen-bond donors (Lipinski definition) is 0. The van der Waals surface area contributed by atoms with Gasteiger partial charge in [0.25, 0.3) is 0 Å². The van der Waals surface area contributed by atoms with Crippen molar-refractivity contribution >= 4 is 8.80 Å². The van der Waals surface area contributed by atoms with E-state index in [4.69, 9.17) is 13.3 Å². The molecule has 0 aromatic carbocycles. The molecule has 0 aliphatic carbocycles. The molecule has 0 aliphatic heterocycles. The molecule has 0 fully saturated rings. The first kappa shape index (κ1) is 25.8. The molecule has 0 unspecified atom stereocenters. The molecule has 0 aliphatic rings. The van der Waals surface area contributed by atoms with Gasteiger partial charge in [0.15, 0.2) is 0 Å². The number of hydrogen-bond acceptors (Lipinski definition) is 3. The Kier molecular flexibility index (Phi) is 19.5. The number of rotatable bonds is 20. The highest BCUT2D eigenvalue weighted by molar-refractivity contribution is 6.66. The van der Waals surface area contributed by atoms with Crippen molar-refractivity contribution in [3.63, 3.8) is 0 Å². The van der Waals surface area contributed by atoms with Crippen LogP contribution in [-0.2, 0) is 13.3 Å². The lowest BCUT2D eigenvalue weighted by Crippen LogP contribution is -2.44. The third-order valence-corrected chi connectivity index (χ3v) is 7.30. The lowest BCUT2D eigenvalue weighted by atomic mass is 10.0. The second-order valence-electron chi connectivity index (χ2n) is 6.98. The first-order valence-corrected chi connectivity index (χ1v) is 13.1. The summed E-state index contributed by atoms with van der Waals surface area (Å²) < 4.78 is 17.5. The molecular formula is C22H46O3Si. The molecule has 4 heteroatoms. The van der Waals surface area contributed by atoms with Crippen molar-refractivity contribution in [3.05, 3.63) is 11.8 Å². The zero-order chi connectivity index (χ0) is 19.3. The third kappa shape index (κ3) is 14.9. The van der Waals surface area contributed by atoms with Crippen LogP contribution in [0.4, 0.5) is 0 Å². The standard InChI is InChI=1S/C22H46O3Si/c1-5-9-10-11-12-13-14-15-16-17-18-19-20-21-22-26(23-6-2,24-7-3)25-8-4/h21-22H,5-20H2,1-4H3. The van der Waals surface area contributed by atoms with Crippen LogP contribution in [-0.4, -0.2) is 28.6 Å². The van der Waals surface area contributed by atoms with Crippen molar-refractivity contribution in [1.29, 1.82) is 0 Å². The Morgan fingerprint density at radius 1 is 0.538 bits per heavy atom. The summed E-state index contributed by atoms with van der Waals surface area (Å²) in [5.74, 6) is 0. The van der Waals surface area contributed by atoms with Gasteiger partial charge in [-0.2, -0.15) is 0 Å². The Balaban J connectivity index is 3.66. The first-order valence-electron chi connectivity index (χ1n) is 11.3. The Morgan fingerprint density at radius 3 is 1.31 bits per heavy atom. The lowest BCUT2D eigenvalue weighted by molar-refractivity contribution is 0.0842. The topological polar surface area (TPSA) is 27.7 Å². The molecule has 0 radical (unpaired) electrons. The molecular weight excluding hydrogens is 340 g/mol. The van der Waals surface area contributed by atoms with E-state index >= 15 is 0 Å². The van der Waals surface area contributed by atoms with Crippen molar-refractivity contribution in [3.8, 4) is 0 Å². The minimum Gasteiger partial charge on any atom is -0.371 e. The number of allylic oxidation sites excluding steroid dienone is 1. The first-order chi connectivity index (χ1) is 12.7. The van der Waals surface area contributed by atoms with Gasteiger partial charge in [0.2, 0.25) is 0 Å². The maximum absolute atomic E-state index is 5.83. The zero-order valence-corrected chi connectivity index (χ0v) is 19.2. The monoisotopic (exact) mass is 386 g/mol. The molecule has 3 nitrogen and oxygen atoms in total. The van der Waals surface area contributed by atoms with E-state index in [1.807, 2.05) is 20.8 Å². The van der Waals surface area contributed by atoms with Gasteiger partial charge >= 0.3 is 8.80 Å². The molecule has 0 atom stereocenters. The molecule has 0 heterocycles. The highest BCUT2D eigenvalue weighted by Crippen LogP contribution is 2.15. The van der Waals surface area contributed by atoms with E-state index in [0.717, 1.165) is 6.42 Å². The largest absolute Gasteiger partial charge is 0.529 e. The van der Waals surface area contributed by atoms with E-state index < -0.39 is 8.80 Å². The molecule has 0 spiro atoms. The van der Waals surface area contributed by atoms with Gasteiger partial charge in [0.1, 0.15) is 0 Å². The molecule has 0 aromatic heterocycles. The molecule has 0 N–H and O–H groups in total. The number of unbranched alkanes of at least 4 members (excludes halogenated alkanes) is 12. The van der Waals surface area contributed by atoms with Crippen molar-refractivity contribution in [2.24, 2.45) is 0 Å². The summed E-state index contributed by atoms with van der Waals surface area (Å²) in [5, 5.41) is 0. The Morgan fingerprint density at radius 2 is 0.923 bits per heavy atom. The minimum atomic E-state index is -2.58. The van der Waals surface area contributed by atoms with Gasteiger partial charge in [-0.1, -0.05) is 83.6 Å². The minimum absolute atomic E-state index is 0.634. The molecule has 156 valence electrons. The van der Waals surface area contributed by atoms with Crippen LogP contribution in [0.2, 0.25) is 0 Å². The average molecular weight is 387 g/mol. The van der Waals surface area contributed by atoms with E-state index in [9.17, 15) is 0 Å². The van der Waals surface area contributed by atoms with Gasteiger partial charge in [0.05, 0.1) is 0 Å². The summed E-state index contributed by atoms with van der Waals surface area (Å²) in [6.07, 6.45) is 20.0. The van der Waals surface area contributed by atoms with E-state index in [1.54, 1.807) is 0 Å². The van der Waals surface area contributed by atoms with Crippen LogP contribution in [0.15, 0.2) is 11.8 Å². The van der Waals surface area contributed by atoms with Crippen LogP contribution in [0, 0.1) is 0 Å². The Labute approximate surface area is 165 Å². The molecule has 0 saturated heterocycles. The Bertz CT molecular complexity index is 291. The van der Waals surface area contributed by atoms with Crippen LogP contribution in [0.5, 0.6) is 0 Å². The maximum atomic E-state index is 5.83. The molecule has 0 rings (SSSR count). The van der Waals surface area contributed by atoms with Crippen LogP contribution >= 0.6 is 0 Å². The average Bonchev–Trinajstić information content (AvgIpc) is 2.63. The van der Waals surface area contributed by atoms with Crippen LogP contribution in [0.1, 0.15) is 111 Å². The Hall–Kier alpha value is -0.163. The van der Waals surface area contributed by atoms with Gasteiger partial charge < -0.3 is 13.3 Å². The fraction of sp³-hybridized carbons (Fsp3) is 0.909. The smallest absolute Gasteiger partial charge is 0.371 e. The maximum Gasteiger partial charge on any atom is 0.529 e. The molecule has 0 bridgehead atoms. The predicted molar refractivity (Wildman–Crippen MR) is 115 cm³/mol. The second kappa shape index (κ2) is 19.6. The van der Waals surface area contributed by atoms with Crippen molar-refractivity contribution in [1.82, 2.24) is 0 Å². The molecule has 0 aromatic rings. The van der Waals surface area contributed by atoms with Crippen LogP contribution in [0.3, 0.4) is 0 Å². The van der Waals surface area contributed by atoms with Gasteiger partial charge in [-0.3, -0.25) is 0 Å². The highest BCUT2D eigenvalue weighted by Gasteiger charge is 2.37. The normalized spacial score (nSPS) is 12.3. The summed E-state index contributed by atoms with van der Waals surface area (Å²) in [6, 6.07) is 0. The molecule has 0 amide bonds. The van der Waals surface area contributed by atoms with Crippen LogP contribution < -0.4 is 0 Å². The van der Waals surface area contributed by atoms with E-state index in [-0.39, 0.29) is 0 Å². The third-order valence-electron chi connectivity index (χ3n) is 4.58. The zero-order valence-electron chi connectivity index (χ0n) is 18.2. The van der Waals surface area contributed by atoms with Gasteiger partial charge in [-0.05, 0) is 39.3 Å². The fourth-order valence-corrected chi connectivity index (χ4v) is 5.40. The second-order valence-corrected chi connectivity index (χ2v) is 9.39. The van der Waals surface area contributed by atoms with Gasteiger partial charge in [-0.25, -0.2) is 0 Å². The quantitative estimate of drug-likeness (QED) is 0.163. The van der Waals surface area contributed by atoms with Crippen molar-refractivity contribution < 1.29 is 13.3 Å². The molecule has 0 saturated carbocycles. The van der Waals surface area contributed by atoms with Gasteiger partial charge in [-0.15, -0.1) is 0 Å². The highest BCUT2D eigenvalue weighted by atomic mass is 28.4. The summed E-state index contributed by atoms with van der Waals surface area (Å²) in [7, 11) is -2.58. The van der Waals surface area contributed by atoms with Crippen molar-refractivity contribution in [2.45, 2.75) is 111 Å². The summed E-state index contributed by atoms with van der Waals surface area (Å²) in [4.78, 5) is 0. The van der Waals surface area contributed by atoms with Crippen molar-refractivity contribution in [2.75, 3.05) is 19.8 Å². The van der Waals surface area contributed by atoms with E-state index in [0.29, 0.717) is 19.8 Å². The lowest BCUT2D eigenvalue weighted by Gasteiger charge is -2.25. The molecule has 26 heavy (non-hydrogen) atoms. The summed E-state index contributed by atoms with van der Waals surface area (Å²) >= 11 is 0.